The Kier molecular flexibility index (Phi) is 9.79. The molecule has 1 atom stereocenters. The Hall–Kier alpha value is -3.04. The van der Waals surface area contributed by atoms with Crippen LogP contribution >= 0.6 is 0 Å². The number of hydrogen-bond donors (Lipinski definition) is 1. The van der Waals surface area contributed by atoms with Crippen LogP contribution in [0.25, 0.3) is 11.1 Å². The van der Waals surface area contributed by atoms with Gasteiger partial charge in [0.05, 0.1) is 25.4 Å². The summed E-state index contributed by atoms with van der Waals surface area (Å²) in [4.78, 5) is 0. The van der Waals surface area contributed by atoms with E-state index in [0.29, 0.717) is 38.5 Å². The molecule has 1 fully saturated rings. The van der Waals surface area contributed by atoms with Gasteiger partial charge in [-0.2, -0.15) is 4.39 Å². The summed E-state index contributed by atoms with van der Waals surface area (Å²) in [5, 5.41) is 10.1. The van der Waals surface area contributed by atoms with Crippen molar-refractivity contribution in [2.75, 3.05) is 6.61 Å². The van der Waals surface area contributed by atoms with Gasteiger partial charge in [-0.15, -0.1) is 0 Å². The maximum atomic E-state index is 14.9. The van der Waals surface area contributed by atoms with E-state index in [1.165, 1.54) is 24.3 Å². The third kappa shape index (κ3) is 6.15. The van der Waals surface area contributed by atoms with E-state index in [4.69, 9.17) is 9.47 Å². The molecule has 0 heterocycles. The van der Waals surface area contributed by atoms with E-state index in [-0.39, 0.29) is 47.7 Å². The Labute approximate surface area is 229 Å². The summed E-state index contributed by atoms with van der Waals surface area (Å²) >= 11 is 0. The van der Waals surface area contributed by atoms with Crippen LogP contribution in [0.3, 0.4) is 0 Å². The molecule has 3 aromatic rings. The molecule has 1 N–H and O–H groups in total. The summed E-state index contributed by atoms with van der Waals surface area (Å²) in [5.41, 5.74) is -0.728. The normalized spacial score (nSPS) is 18.1. The summed E-state index contributed by atoms with van der Waals surface area (Å²) in [5.74, 6) is -7.68. The van der Waals surface area contributed by atoms with Gasteiger partial charge in [-0.1, -0.05) is 37.6 Å². The zero-order chi connectivity index (χ0) is 29.0. The van der Waals surface area contributed by atoms with Crippen molar-refractivity contribution >= 4 is 0 Å². The van der Waals surface area contributed by atoms with Gasteiger partial charge in [0.15, 0.2) is 34.8 Å². The molecule has 3 nitrogen and oxygen atoms in total. The maximum absolute atomic E-state index is 14.9. The molecule has 1 saturated carbocycles. The molecular formula is C31H32F6O3. The molecule has 40 heavy (non-hydrogen) atoms. The predicted molar refractivity (Wildman–Crippen MR) is 139 cm³/mol. The molecule has 216 valence electrons. The van der Waals surface area contributed by atoms with Gasteiger partial charge in [0.25, 0.3) is 0 Å². The quantitative estimate of drug-likeness (QED) is 0.250. The number of halogens is 6. The second-order valence-electron chi connectivity index (χ2n) is 10.0. The number of aliphatic hydroxyl groups is 1. The number of benzene rings is 3. The molecule has 0 amide bonds. The third-order valence-electron chi connectivity index (χ3n) is 7.45. The van der Waals surface area contributed by atoms with Crippen LogP contribution in [0.2, 0.25) is 0 Å². The van der Waals surface area contributed by atoms with Gasteiger partial charge in [-0.25, -0.2) is 22.0 Å². The zero-order valence-electron chi connectivity index (χ0n) is 22.4. The smallest absolute Gasteiger partial charge is 0.201 e. The Bertz CT molecular complexity index is 1340. The lowest BCUT2D eigenvalue weighted by Gasteiger charge is -2.29. The minimum atomic E-state index is -1.34. The predicted octanol–water partition coefficient (Wildman–Crippen LogP) is 8.66. The van der Waals surface area contributed by atoms with Gasteiger partial charge in [0.2, 0.25) is 5.82 Å². The van der Waals surface area contributed by atoms with Crippen molar-refractivity contribution < 1.29 is 40.9 Å². The van der Waals surface area contributed by atoms with E-state index in [2.05, 4.69) is 0 Å². The molecule has 0 bridgehead atoms. The van der Waals surface area contributed by atoms with Crippen LogP contribution in [-0.2, 0) is 11.3 Å². The summed E-state index contributed by atoms with van der Waals surface area (Å²) in [6.45, 7) is 3.32. The van der Waals surface area contributed by atoms with Gasteiger partial charge >= 0.3 is 0 Å². The first-order valence-corrected chi connectivity index (χ1v) is 13.5. The van der Waals surface area contributed by atoms with Crippen LogP contribution in [0.5, 0.6) is 5.75 Å². The van der Waals surface area contributed by atoms with E-state index in [1.54, 1.807) is 6.92 Å². The van der Waals surface area contributed by atoms with Crippen LogP contribution in [0.4, 0.5) is 26.3 Å². The highest BCUT2D eigenvalue weighted by Gasteiger charge is 2.28. The highest BCUT2D eigenvalue weighted by Crippen LogP contribution is 2.38. The number of hydrogen-bond acceptors (Lipinski definition) is 3. The van der Waals surface area contributed by atoms with Crippen molar-refractivity contribution in [2.45, 2.75) is 77.1 Å². The van der Waals surface area contributed by atoms with Gasteiger partial charge in [-0.3, -0.25) is 0 Å². The lowest BCUT2D eigenvalue weighted by atomic mass is 9.82. The first-order chi connectivity index (χ1) is 19.2. The average molecular weight is 567 g/mol. The topological polar surface area (TPSA) is 38.7 Å². The van der Waals surface area contributed by atoms with E-state index < -0.39 is 52.1 Å². The SMILES string of the molecule is CCCC(O)c1ccc(C2CCC(OCc3ccc(-c4ccc(OCC)c(F)c4F)c(F)c3F)CC2)c(F)c1F. The fourth-order valence-electron chi connectivity index (χ4n) is 5.24. The standard InChI is InChI=1S/C31H32F6O3/c1-3-5-24(38)23-13-12-20(27(33)30(23)36)17-6-9-19(10-7-17)40-16-18-8-11-21(28(34)26(18)32)22-14-15-25(39-4-2)31(37)29(22)35/h8,11-15,17,19,24,38H,3-7,9-10,16H2,1-2H3. The third-order valence-corrected chi connectivity index (χ3v) is 7.45. The Morgan fingerprint density at radius 3 is 2.05 bits per heavy atom. The fourth-order valence-corrected chi connectivity index (χ4v) is 5.24. The summed E-state index contributed by atoms with van der Waals surface area (Å²) in [7, 11) is 0. The Morgan fingerprint density at radius 1 is 0.750 bits per heavy atom. The molecule has 0 aromatic heterocycles. The van der Waals surface area contributed by atoms with E-state index in [0.717, 1.165) is 12.1 Å². The number of ether oxygens (including phenoxy) is 2. The number of aliphatic hydroxyl groups excluding tert-OH is 1. The summed E-state index contributed by atoms with van der Waals surface area (Å²) < 4.78 is 98.7. The second kappa shape index (κ2) is 13.1. The van der Waals surface area contributed by atoms with Crippen molar-refractivity contribution in [3.63, 3.8) is 0 Å². The van der Waals surface area contributed by atoms with Crippen LogP contribution in [-0.4, -0.2) is 17.8 Å². The highest BCUT2D eigenvalue weighted by atomic mass is 19.2. The molecule has 0 radical (unpaired) electrons. The van der Waals surface area contributed by atoms with Gasteiger partial charge in [0.1, 0.15) is 0 Å². The molecule has 9 heteroatoms. The van der Waals surface area contributed by atoms with Crippen LogP contribution in [0.1, 0.15) is 81.1 Å². The molecule has 1 aliphatic carbocycles. The molecule has 3 aromatic carbocycles. The van der Waals surface area contributed by atoms with E-state index >= 15 is 0 Å². The monoisotopic (exact) mass is 566 g/mol. The molecule has 0 saturated heterocycles. The summed E-state index contributed by atoms with van der Waals surface area (Å²) in [6, 6.07) is 7.69. The minimum absolute atomic E-state index is 0.0456. The molecule has 1 unspecified atom stereocenters. The molecule has 0 spiro atoms. The first kappa shape index (κ1) is 29.9. The lowest BCUT2D eigenvalue weighted by molar-refractivity contribution is 0.0116. The molecule has 4 rings (SSSR count). The molecular weight excluding hydrogens is 534 g/mol. The largest absolute Gasteiger partial charge is 0.491 e. The average Bonchev–Trinajstić information content (AvgIpc) is 2.94. The van der Waals surface area contributed by atoms with E-state index in [9.17, 15) is 31.4 Å². The Balaban J connectivity index is 1.39. The Morgan fingerprint density at radius 2 is 1.40 bits per heavy atom. The van der Waals surface area contributed by atoms with Gasteiger partial charge in [-0.05, 0) is 62.6 Å². The summed E-state index contributed by atoms with van der Waals surface area (Å²) in [6.07, 6.45) is 1.65. The molecule has 1 aliphatic rings. The first-order valence-electron chi connectivity index (χ1n) is 13.5. The lowest BCUT2D eigenvalue weighted by Crippen LogP contribution is -2.22. The van der Waals surface area contributed by atoms with Gasteiger partial charge in [0, 0.05) is 22.3 Å². The van der Waals surface area contributed by atoms with Crippen LogP contribution < -0.4 is 4.74 Å². The maximum Gasteiger partial charge on any atom is 0.201 e. The van der Waals surface area contributed by atoms with Crippen molar-refractivity contribution in [1.82, 2.24) is 0 Å². The zero-order valence-corrected chi connectivity index (χ0v) is 22.4. The van der Waals surface area contributed by atoms with Crippen LogP contribution in [0, 0.1) is 34.9 Å². The van der Waals surface area contributed by atoms with Crippen molar-refractivity contribution in [2.24, 2.45) is 0 Å². The van der Waals surface area contributed by atoms with E-state index in [1.807, 2.05) is 6.92 Å². The van der Waals surface area contributed by atoms with Crippen LogP contribution in [0.15, 0.2) is 36.4 Å². The second-order valence-corrected chi connectivity index (χ2v) is 10.0. The van der Waals surface area contributed by atoms with Gasteiger partial charge < -0.3 is 14.6 Å². The minimum Gasteiger partial charge on any atom is -0.491 e. The molecule has 0 aliphatic heterocycles. The fraction of sp³-hybridized carbons (Fsp3) is 0.419. The van der Waals surface area contributed by atoms with Crippen molar-refractivity contribution in [3.8, 4) is 16.9 Å². The van der Waals surface area contributed by atoms with Crippen molar-refractivity contribution in [1.29, 1.82) is 0 Å². The number of rotatable bonds is 10. The van der Waals surface area contributed by atoms with Crippen molar-refractivity contribution in [3.05, 3.63) is 88.0 Å². The highest BCUT2D eigenvalue weighted by molar-refractivity contribution is 5.66.